The molecular weight excluding hydrogens is 477 g/mol. The Hall–Kier alpha value is -2.04. The highest BCUT2D eigenvalue weighted by molar-refractivity contribution is 14.0. The molecule has 0 saturated heterocycles. The van der Waals surface area contributed by atoms with E-state index in [9.17, 15) is 17.6 Å². The van der Waals surface area contributed by atoms with Gasteiger partial charge in [-0.3, -0.25) is 0 Å². The quantitative estimate of drug-likeness (QED) is 0.259. The van der Waals surface area contributed by atoms with Gasteiger partial charge in [0.05, 0.1) is 18.2 Å². The second kappa shape index (κ2) is 9.77. The van der Waals surface area contributed by atoms with Gasteiger partial charge >= 0.3 is 6.18 Å². The zero-order chi connectivity index (χ0) is 19.3. The van der Waals surface area contributed by atoms with Crippen molar-refractivity contribution in [3.8, 4) is 5.75 Å². The third-order valence-corrected chi connectivity index (χ3v) is 3.30. The van der Waals surface area contributed by atoms with Gasteiger partial charge < -0.3 is 15.8 Å². The summed E-state index contributed by atoms with van der Waals surface area (Å²) in [5, 5.41) is 2.78. The zero-order valence-corrected chi connectivity index (χ0v) is 17.0. The van der Waals surface area contributed by atoms with Gasteiger partial charge in [-0.1, -0.05) is 6.07 Å². The van der Waals surface area contributed by atoms with Crippen molar-refractivity contribution in [2.24, 2.45) is 10.7 Å². The molecule has 4 nitrogen and oxygen atoms in total. The summed E-state index contributed by atoms with van der Waals surface area (Å²) in [5.74, 6) is -0.331. The molecule has 0 aliphatic rings. The first-order chi connectivity index (χ1) is 12.1. The molecule has 0 aliphatic heterocycles. The van der Waals surface area contributed by atoms with Crippen molar-refractivity contribution in [1.29, 1.82) is 0 Å². The van der Waals surface area contributed by atoms with Crippen LogP contribution in [0.2, 0.25) is 0 Å². The van der Waals surface area contributed by atoms with Crippen molar-refractivity contribution in [3.63, 3.8) is 0 Å². The van der Waals surface area contributed by atoms with Crippen molar-refractivity contribution in [2.75, 3.05) is 5.32 Å². The van der Waals surface area contributed by atoms with Crippen LogP contribution in [0.5, 0.6) is 5.75 Å². The Kier molecular flexibility index (Phi) is 8.32. The highest BCUT2D eigenvalue weighted by atomic mass is 127. The van der Waals surface area contributed by atoms with Crippen molar-refractivity contribution in [1.82, 2.24) is 0 Å². The number of alkyl halides is 3. The van der Waals surface area contributed by atoms with Crippen molar-refractivity contribution in [3.05, 3.63) is 59.4 Å². The van der Waals surface area contributed by atoms with Gasteiger partial charge in [-0.2, -0.15) is 13.2 Å². The van der Waals surface area contributed by atoms with Gasteiger partial charge in [0.15, 0.2) is 5.96 Å². The number of hydrogen-bond acceptors (Lipinski definition) is 2. The van der Waals surface area contributed by atoms with Crippen LogP contribution in [0.3, 0.4) is 0 Å². The van der Waals surface area contributed by atoms with E-state index in [1.165, 1.54) is 0 Å². The minimum atomic E-state index is -4.67. The Labute approximate surface area is 171 Å². The van der Waals surface area contributed by atoms with Crippen LogP contribution >= 0.6 is 24.0 Å². The van der Waals surface area contributed by atoms with E-state index < -0.39 is 17.6 Å². The molecule has 3 N–H and O–H groups in total. The van der Waals surface area contributed by atoms with Crippen LogP contribution in [-0.4, -0.2) is 12.1 Å². The summed E-state index contributed by atoms with van der Waals surface area (Å²) < 4.78 is 57.5. The fourth-order valence-electron chi connectivity index (χ4n) is 2.20. The van der Waals surface area contributed by atoms with Gasteiger partial charge in [0.25, 0.3) is 0 Å². The largest absolute Gasteiger partial charge is 0.491 e. The molecule has 27 heavy (non-hydrogen) atoms. The SMILES string of the molecule is CC(C)Oc1ccc(NC(N)=NCc2ccc(F)cc2C(F)(F)F)cc1.I. The third kappa shape index (κ3) is 7.24. The molecule has 0 aromatic heterocycles. The van der Waals surface area contributed by atoms with Gasteiger partial charge in [-0.05, 0) is 55.8 Å². The van der Waals surface area contributed by atoms with Gasteiger partial charge in [-0.25, -0.2) is 9.38 Å². The molecule has 2 aromatic carbocycles. The molecule has 0 spiro atoms. The molecule has 0 atom stereocenters. The maximum atomic E-state index is 13.1. The monoisotopic (exact) mass is 497 g/mol. The zero-order valence-electron chi connectivity index (χ0n) is 14.7. The minimum absolute atomic E-state index is 0. The number of aliphatic imine (C=N–C) groups is 1. The molecule has 2 rings (SSSR count). The number of benzene rings is 2. The van der Waals surface area contributed by atoms with Crippen LogP contribution in [0.25, 0.3) is 0 Å². The molecule has 0 radical (unpaired) electrons. The lowest BCUT2D eigenvalue weighted by Crippen LogP contribution is -2.22. The lowest BCUT2D eigenvalue weighted by molar-refractivity contribution is -0.138. The second-order valence-electron chi connectivity index (χ2n) is 5.82. The molecule has 0 saturated carbocycles. The van der Waals surface area contributed by atoms with Crippen LogP contribution in [-0.2, 0) is 12.7 Å². The van der Waals surface area contributed by atoms with Gasteiger partial charge in [0.1, 0.15) is 11.6 Å². The normalized spacial score (nSPS) is 11.9. The van der Waals surface area contributed by atoms with E-state index in [-0.39, 0.29) is 48.1 Å². The summed E-state index contributed by atoms with van der Waals surface area (Å²) in [4.78, 5) is 3.89. The van der Waals surface area contributed by atoms with Gasteiger partial charge in [0, 0.05) is 5.69 Å². The van der Waals surface area contributed by atoms with Gasteiger partial charge in [-0.15, -0.1) is 24.0 Å². The van der Waals surface area contributed by atoms with Crippen LogP contribution < -0.4 is 15.8 Å². The first-order valence-corrected chi connectivity index (χ1v) is 7.84. The molecular formula is C18H20F4IN3O. The first-order valence-electron chi connectivity index (χ1n) is 7.84. The van der Waals surface area contributed by atoms with Crippen LogP contribution in [0, 0.1) is 5.82 Å². The Balaban J connectivity index is 0.00000364. The summed E-state index contributed by atoms with van der Waals surface area (Å²) in [5.41, 5.74) is 5.09. The highest BCUT2D eigenvalue weighted by Gasteiger charge is 2.33. The predicted molar refractivity (Wildman–Crippen MR) is 108 cm³/mol. The smallest absolute Gasteiger partial charge is 0.416 e. The Bertz CT molecular complexity index is 777. The summed E-state index contributed by atoms with van der Waals surface area (Å²) >= 11 is 0. The Morgan fingerprint density at radius 1 is 1.15 bits per heavy atom. The summed E-state index contributed by atoms with van der Waals surface area (Å²) in [6.07, 6.45) is -4.62. The average Bonchev–Trinajstić information content (AvgIpc) is 2.54. The van der Waals surface area contributed by atoms with Crippen molar-refractivity contribution >= 4 is 35.6 Å². The fourth-order valence-corrected chi connectivity index (χ4v) is 2.20. The number of nitrogens with zero attached hydrogens (tertiary/aromatic N) is 1. The van der Waals surface area contributed by atoms with E-state index in [0.717, 1.165) is 12.1 Å². The van der Waals surface area contributed by atoms with Crippen LogP contribution in [0.4, 0.5) is 23.2 Å². The highest BCUT2D eigenvalue weighted by Crippen LogP contribution is 2.32. The number of guanidine groups is 1. The molecule has 0 amide bonds. The maximum Gasteiger partial charge on any atom is 0.416 e. The predicted octanol–water partition coefficient (Wildman–Crippen LogP) is 5.18. The molecule has 0 unspecified atom stereocenters. The number of nitrogens with two attached hydrogens (primary N) is 1. The molecule has 0 heterocycles. The lowest BCUT2D eigenvalue weighted by Gasteiger charge is -2.12. The summed E-state index contributed by atoms with van der Waals surface area (Å²) in [7, 11) is 0. The van der Waals surface area contributed by atoms with E-state index >= 15 is 0 Å². The van der Waals surface area contributed by atoms with E-state index in [0.29, 0.717) is 17.5 Å². The third-order valence-electron chi connectivity index (χ3n) is 3.30. The number of ether oxygens (including phenoxy) is 1. The summed E-state index contributed by atoms with van der Waals surface area (Å²) in [6.45, 7) is 3.48. The number of rotatable bonds is 5. The molecule has 0 aliphatic carbocycles. The van der Waals surface area contributed by atoms with E-state index in [1.807, 2.05) is 13.8 Å². The van der Waals surface area contributed by atoms with Crippen LogP contribution in [0.1, 0.15) is 25.0 Å². The average molecular weight is 497 g/mol. The van der Waals surface area contributed by atoms with Crippen molar-refractivity contribution < 1.29 is 22.3 Å². The lowest BCUT2D eigenvalue weighted by atomic mass is 10.1. The number of nitrogens with one attached hydrogen (secondary N) is 1. The first kappa shape index (κ1) is 23.0. The van der Waals surface area contributed by atoms with Gasteiger partial charge in [0.2, 0.25) is 0 Å². The molecule has 148 valence electrons. The summed E-state index contributed by atoms with van der Waals surface area (Å²) in [6, 6.07) is 9.33. The van der Waals surface area contributed by atoms with Crippen LogP contribution in [0.15, 0.2) is 47.5 Å². The molecule has 0 fully saturated rings. The van der Waals surface area contributed by atoms with E-state index in [1.54, 1.807) is 24.3 Å². The minimum Gasteiger partial charge on any atom is -0.491 e. The molecule has 0 bridgehead atoms. The Morgan fingerprint density at radius 3 is 2.33 bits per heavy atom. The topological polar surface area (TPSA) is 59.6 Å². The second-order valence-corrected chi connectivity index (χ2v) is 5.82. The molecule has 2 aromatic rings. The Morgan fingerprint density at radius 2 is 1.78 bits per heavy atom. The van der Waals surface area contributed by atoms with Crippen molar-refractivity contribution in [2.45, 2.75) is 32.7 Å². The number of anilines is 1. The van der Waals surface area contributed by atoms with E-state index in [4.69, 9.17) is 10.5 Å². The molecule has 9 heteroatoms. The fraction of sp³-hybridized carbons (Fsp3) is 0.278. The maximum absolute atomic E-state index is 13.1. The standard InChI is InChI=1S/C18H19F4N3O.HI/c1-11(2)26-15-7-5-14(6-8-15)25-17(23)24-10-12-3-4-13(19)9-16(12)18(20,21)22;/h3-9,11H,10H2,1-2H3,(H3,23,24,25);1H. The number of hydrogen-bond donors (Lipinski definition) is 2. The van der Waals surface area contributed by atoms with E-state index in [2.05, 4.69) is 10.3 Å². The number of halogens is 5.